The van der Waals surface area contributed by atoms with Gasteiger partial charge in [0.1, 0.15) is 14.0 Å². The van der Waals surface area contributed by atoms with Crippen LogP contribution in [-0.4, -0.2) is 87.3 Å². The average Bonchev–Trinajstić information content (AvgIpc) is 3.04. The van der Waals surface area contributed by atoms with Crippen molar-refractivity contribution in [1.82, 2.24) is 14.3 Å². The summed E-state index contributed by atoms with van der Waals surface area (Å²) in [6.07, 6.45) is 1.76. The molecule has 7 nitrogen and oxygen atoms in total. The molecule has 128 valence electrons. The van der Waals surface area contributed by atoms with Crippen LogP contribution in [0.15, 0.2) is 21.7 Å². The van der Waals surface area contributed by atoms with Gasteiger partial charge in [0.25, 0.3) is 0 Å². The Hall–Kier alpha value is -0.980. The third kappa shape index (κ3) is 4.52. The van der Waals surface area contributed by atoms with Gasteiger partial charge in [0.05, 0.1) is 32.6 Å². The van der Waals surface area contributed by atoms with Crippen molar-refractivity contribution in [3.05, 3.63) is 17.9 Å². The van der Waals surface area contributed by atoms with E-state index >= 15 is 0 Å². The van der Waals surface area contributed by atoms with Crippen molar-refractivity contribution in [2.24, 2.45) is 5.10 Å². The summed E-state index contributed by atoms with van der Waals surface area (Å²) in [6.45, 7) is 6.96. The number of morpholine rings is 2. The minimum Gasteiger partial charge on any atom is -0.453 e. The number of hydrazone groups is 1. The highest BCUT2D eigenvalue weighted by atomic mass is 31.1. The standard InChI is InChI=1S/C15H25N4O3P/c1-17(2)16-13-14-3-4-15(22-14)23(18-5-9-20-10-6-18)19-7-11-21-12-8-19/h3-4,13H,5-12H2,1-2H3/b16-13+. The molecule has 0 spiro atoms. The first-order valence-corrected chi connectivity index (χ1v) is 9.25. The van der Waals surface area contributed by atoms with E-state index in [-0.39, 0.29) is 0 Å². The predicted octanol–water partition coefficient (Wildman–Crippen LogP) is 0.777. The van der Waals surface area contributed by atoms with Gasteiger partial charge in [-0.1, -0.05) is 0 Å². The summed E-state index contributed by atoms with van der Waals surface area (Å²) in [4.78, 5) is 0. The molecule has 3 rings (SSSR count). The minimum atomic E-state index is -0.633. The number of nitrogens with zero attached hydrogens (tertiary/aromatic N) is 4. The highest BCUT2D eigenvalue weighted by Gasteiger charge is 2.32. The molecule has 1 aromatic rings. The van der Waals surface area contributed by atoms with Crippen LogP contribution in [0.3, 0.4) is 0 Å². The topological polar surface area (TPSA) is 53.7 Å². The lowest BCUT2D eigenvalue weighted by atomic mass is 10.5. The number of rotatable bonds is 5. The molecule has 0 unspecified atom stereocenters. The molecule has 8 heteroatoms. The normalized spacial score (nSPS) is 21.3. The van der Waals surface area contributed by atoms with Gasteiger partial charge in [-0.15, -0.1) is 0 Å². The first-order valence-electron chi connectivity index (χ1n) is 8.00. The SMILES string of the molecule is CN(C)/N=C/c1ccc(P(N2CCOCC2)N2CCOCC2)o1. The van der Waals surface area contributed by atoms with Crippen molar-refractivity contribution < 1.29 is 13.9 Å². The molecule has 2 aliphatic heterocycles. The second kappa shape index (κ2) is 8.22. The van der Waals surface area contributed by atoms with Gasteiger partial charge in [0.15, 0.2) is 5.50 Å². The Labute approximate surface area is 138 Å². The van der Waals surface area contributed by atoms with E-state index in [1.54, 1.807) is 11.2 Å². The van der Waals surface area contributed by atoms with Crippen LogP contribution >= 0.6 is 8.22 Å². The summed E-state index contributed by atoms with van der Waals surface area (Å²) < 4.78 is 22.1. The first-order chi connectivity index (χ1) is 11.2. The van der Waals surface area contributed by atoms with Gasteiger partial charge < -0.3 is 18.9 Å². The second-order valence-electron chi connectivity index (χ2n) is 5.69. The van der Waals surface area contributed by atoms with Crippen LogP contribution in [0.5, 0.6) is 0 Å². The summed E-state index contributed by atoms with van der Waals surface area (Å²) in [5, 5.41) is 6.01. The number of furan rings is 1. The van der Waals surface area contributed by atoms with E-state index in [0.29, 0.717) is 0 Å². The quantitative estimate of drug-likeness (QED) is 0.449. The summed E-state index contributed by atoms with van der Waals surface area (Å²) in [5.74, 6) is 0.794. The van der Waals surface area contributed by atoms with Crippen molar-refractivity contribution in [3.63, 3.8) is 0 Å². The number of hydrogen-bond donors (Lipinski definition) is 0. The molecule has 0 aliphatic carbocycles. The third-order valence-corrected chi connectivity index (χ3v) is 6.24. The fourth-order valence-electron chi connectivity index (χ4n) is 2.64. The second-order valence-corrected chi connectivity index (χ2v) is 7.84. The zero-order chi connectivity index (χ0) is 16.1. The van der Waals surface area contributed by atoms with Crippen LogP contribution in [-0.2, 0) is 9.47 Å². The summed E-state index contributed by atoms with van der Waals surface area (Å²) in [6, 6.07) is 4.09. The van der Waals surface area contributed by atoms with E-state index in [9.17, 15) is 0 Å². The molecule has 23 heavy (non-hydrogen) atoms. The maximum atomic E-state index is 6.09. The van der Waals surface area contributed by atoms with Crippen LogP contribution in [0.2, 0.25) is 0 Å². The number of ether oxygens (including phenoxy) is 2. The van der Waals surface area contributed by atoms with Gasteiger partial charge in [-0.25, -0.2) is 0 Å². The Kier molecular flexibility index (Phi) is 6.02. The number of hydrogen-bond acceptors (Lipinski definition) is 7. The Morgan fingerprint density at radius 2 is 1.57 bits per heavy atom. The molecular weight excluding hydrogens is 315 g/mol. The molecule has 0 radical (unpaired) electrons. The Bertz CT molecular complexity index is 493. The van der Waals surface area contributed by atoms with Crippen LogP contribution in [0.1, 0.15) is 5.76 Å². The van der Waals surface area contributed by atoms with Gasteiger partial charge in [0, 0.05) is 40.3 Å². The molecule has 0 N–H and O–H groups in total. The smallest absolute Gasteiger partial charge is 0.157 e. The molecule has 0 atom stereocenters. The molecule has 1 aromatic heterocycles. The fraction of sp³-hybridized carbons (Fsp3) is 0.667. The Balaban J connectivity index is 1.79. The van der Waals surface area contributed by atoms with E-state index in [2.05, 4.69) is 20.5 Å². The summed E-state index contributed by atoms with van der Waals surface area (Å²) in [7, 11) is 3.16. The molecule has 2 fully saturated rings. The van der Waals surface area contributed by atoms with Gasteiger partial charge in [-0.2, -0.15) is 5.10 Å². The molecule has 0 saturated carbocycles. The van der Waals surface area contributed by atoms with Crippen molar-refractivity contribution in [3.8, 4) is 0 Å². The van der Waals surface area contributed by atoms with Crippen LogP contribution < -0.4 is 5.50 Å². The van der Waals surface area contributed by atoms with E-state index < -0.39 is 8.22 Å². The molecule has 0 bridgehead atoms. The summed E-state index contributed by atoms with van der Waals surface area (Å²) >= 11 is 0. The minimum absolute atomic E-state index is 0.633. The van der Waals surface area contributed by atoms with Crippen molar-refractivity contribution in [1.29, 1.82) is 0 Å². The molecule has 2 aliphatic rings. The molecule has 0 aromatic carbocycles. The maximum Gasteiger partial charge on any atom is 0.157 e. The monoisotopic (exact) mass is 340 g/mol. The van der Waals surface area contributed by atoms with E-state index in [1.807, 2.05) is 20.2 Å². The van der Waals surface area contributed by atoms with Crippen molar-refractivity contribution in [2.45, 2.75) is 0 Å². The van der Waals surface area contributed by atoms with E-state index in [1.165, 1.54) is 0 Å². The van der Waals surface area contributed by atoms with Gasteiger partial charge >= 0.3 is 0 Å². The lowest BCUT2D eigenvalue weighted by Crippen LogP contribution is -2.43. The third-order valence-electron chi connectivity index (χ3n) is 3.74. The maximum absolute atomic E-state index is 6.09. The fourth-order valence-corrected chi connectivity index (χ4v) is 5.03. The van der Waals surface area contributed by atoms with Crippen molar-refractivity contribution >= 4 is 19.9 Å². The van der Waals surface area contributed by atoms with E-state index in [4.69, 9.17) is 13.9 Å². The molecule has 0 amide bonds. The predicted molar refractivity (Wildman–Crippen MR) is 91.3 cm³/mol. The molecule has 3 heterocycles. The van der Waals surface area contributed by atoms with Crippen LogP contribution in [0.4, 0.5) is 0 Å². The van der Waals surface area contributed by atoms with E-state index in [0.717, 1.165) is 63.9 Å². The lowest BCUT2D eigenvalue weighted by Gasteiger charge is -2.40. The lowest BCUT2D eigenvalue weighted by molar-refractivity contribution is 0.0590. The largest absolute Gasteiger partial charge is 0.453 e. The van der Waals surface area contributed by atoms with Crippen LogP contribution in [0.25, 0.3) is 0 Å². The first kappa shape index (κ1) is 16.9. The molecule has 2 saturated heterocycles. The Morgan fingerprint density at radius 3 is 2.09 bits per heavy atom. The van der Waals surface area contributed by atoms with Gasteiger partial charge in [-0.3, -0.25) is 9.34 Å². The highest BCUT2D eigenvalue weighted by molar-refractivity contribution is 7.60. The van der Waals surface area contributed by atoms with Crippen LogP contribution in [0, 0.1) is 0 Å². The Morgan fingerprint density at radius 1 is 1.00 bits per heavy atom. The molecular formula is C15H25N4O3P. The zero-order valence-electron chi connectivity index (χ0n) is 13.8. The van der Waals surface area contributed by atoms with Gasteiger partial charge in [0.2, 0.25) is 0 Å². The van der Waals surface area contributed by atoms with Crippen molar-refractivity contribution in [2.75, 3.05) is 66.7 Å². The highest BCUT2D eigenvalue weighted by Crippen LogP contribution is 2.44. The van der Waals surface area contributed by atoms with Gasteiger partial charge in [-0.05, 0) is 12.1 Å². The zero-order valence-corrected chi connectivity index (χ0v) is 14.7. The summed E-state index contributed by atoms with van der Waals surface area (Å²) in [5.41, 5.74) is 1.03. The average molecular weight is 340 g/mol.